The van der Waals surface area contributed by atoms with E-state index in [-0.39, 0.29) is 6.10 Å². The molecule has 1 saturated heterocycles. The van der Waals surface area contributed by atoms with Crippen molar-refractivity contribution in [1.29, 1.82) is 0 Å². The van der Waals surface area contributed by atoms with E-state index in [1.54, 1.807) is 0 Å². The normalized spacial score (nSPS) is 25.2. The fourth-order valence-corrected chi connectivity index (χ4v) is 3.64. The molecule has 1 amide bonds. The molecule has 0 spiro atoms. The van der Waals surface area contributed by atoms with Gasteiger partial charge in [0.05, 0.1) is 19.1 Å². The van der Waals surface area contributed by atoms with Crippen molar-refractivity contribution in [3.63, 3.8) is 0 Å². The molecule has 0 aromatic heterocycles. The quantitative estimate of drug-likeness (QED) is 0.764. The lowest BCUT2D eigenvalue weighted by atomic mass is 9.83. The van der Waals surface area contributed by atoms with Crippen molar-refractivity contribution in [2.75, 3.05) is 13.2 Å². The van der Waals surface area contributed by atoms with E-state index in [1.165, 1.54) is 44.9 Å². The van der Waals surface area contributed by atoms with Gasteiger partial charge in [-0.05, 0) is 45.4 Å². The lowest BCUT2D eigenvalue weighted by molar-refractivity contribution is -0.134. The van der Waals surface area contributed by atoms with Gasteiger partial charge in [-0.3, -0.25) is 4.79 Å². The Kier molecular flexibility index (Phi) is 5.68. The van der Waals surface area contributed by atoms with Gasteiger partial charge >= 0.3 is 0 Å². The van der Waals surface area contributed by atoms with Crippen LogP contribution in [0.25, 0.3) is 0 Å². The second-order valence-electron chi connectivity index (χ2n) is 6.36. The zero-order chi connectivity index (χ0) is 13.7. The highest BCUT2D eigenvalue weighted by Crippen LogP contribution is 2.34. The minimum Gasteiger partial charge on any atom is -0.378 e. The van der Waals surface area contributed by atoms with E-state index >= 15 is 0 Å². The summed E-state index contributed by atoms with van der Waals surface area (Å²) in [5, 5.41) is 0. The van der Waals surface area contributed by atoms with Crippen LogP contribution < -0.4 is 0 Å². The lowest BCUT2D eigenvalue weighted by Gasteiger charge is -2.34. The van der Waals surface area contributed by atoms with Crippen molar-refractivity contribution in [3.8, 4) is 0 Å². The van der Waals surface area contributed by atoms with Crippen molar-refractivity contribution in [2.24, 2.45) is 5.92 Å². The monoisotopic (exact) mass is 267 g/mol. The molecule has 1 saturated carbocycles. The fraction of sp³-hybridized carbons (Fsp3) is 0.938. The van der Waals surface area contributed by atoms with Gasteiger partial charge in [-0.15, -0.1) is 0 Å². The van der Waals surface area contributed by atoms with Crippen LogP contribution in [0.15, 0.2) is 0 Å². The molecule has 1 aliphatic heterocycles. The predicted octanol–water partition coefficient (Wildman–Crippen LogP) is 3.37. The number of hydrogen-bond donors (Lipinski definition) is 0. The van der Waals surface area contributed by atoms with Gasteiger partial charge in [-0.25, -0.2) is 0 Å². The summed E-state index contributed by atoms with van der Waals surface area (Å²) in [6.45, 7) is 5.59. The molecule has 1 aliphatic carbocycles. The second-order valence-corrected chi connectivity index (χ2v) is 6.36. The van der Waals surface area contributed by atoms with Crippen LogP contribution in [0.1, 0.15) is 65.2 Å². The van der Waals surface area contributed by atoms with Gasteiger partial charge < -0.3 is 9.64 Å². The van der Waals surface area contributed by atoms with Crippen LogP contribution in [0.3, 0.4) is 0 Å². The molecule has 1 heterocycles. The molecule has 2 aliphatic rings. The Bertz CT molecular complexity index is 284. The molecule has 1 unspecified atom stereocenters. The topological polar surface area (TPSA) is 29.5 Å². The molecular formula is C16H29NO2. The van der Waals surface area contributed by atoms with Crippen molar-refractivity contribution < 1.29 is 9.53 Å². The molecule has 2 fully saturated rings. The summed E-state index contributed by atoms with van der Waals surface area (Å²) < 4.78 is 5.51. The van der Waals surface area contributed by atoms with E-state index in [1.807, 2.05) is 13.8 Å². The third kappa shape index (κ3) is 4.20. The van der Waals surface area contributed by atoms with E-state index in [0.29, 0.717) is 25.0 Å². The van der Waals surface area contributed by atoms with E-state index in [2.05, 4.69) is 4.90 Å². The first-order valence-electron chi connectivity index (χ1n) is 8.09. The first-order chi connectivity index (χ1) is 9.18. The van der Waals surface area contributed by atoms with Gasteiger partial charge in [-0.2, -0.15) is 0 Å². The van der Waals surface area contributed by atoms with Crippen molar-refractivity contribution in [3.05, 3.63) is 0 Å². The summed E-state index contributed by atoms with van der Waals surface area (Å²) >= 11 is 0. The maximum atomic E-state index is 12.3. The maximum Gasteiger partial charge on any atom is 0.225 e. The Morgan fingerprint density at radius 1 is 1.16 bits per heavy atom. The average molecular weight is 267 g/mol. The largest absolute Gasteiger partial charge is 0.378 e. The standard InChI is InChI=1S/C16H29NO2/c1-13(2)19-12-10-16(18)17-11-6-9-15(17)14-7-4-3-5-8-14/h13-15H,3-12H2,1-2H3. The highest BCUT2D eigenvalue weighted by Gasteiger charge is 2.34. The summed E-state index contributed by atoms with van der Waals surface area (Å²) in [4.78, 5) is 14.5. The summed E-state index contributed by atoms with van der Waals surface area (Å²) in [6, 6.07) is 0.534. The van der Waals surface area contributed by atoms with Crippen LogP contribution >= 0.6 is 0 Å². The Morgan fingerprint density at radius 3 is 2.58 bits per heavy atom. The zero-order valence-corrected chi connectivity index (χ0v) is 12.6. The molecule has 0 N–H and O–H groups in total. The maximum absolute atomic E-state index is 12.3. The van der Waals surface area contributed by atoms with Crippen molar-refractivity contribution >= 4 is 5.91 Å². The summed E-state index contributed by atoms with van der Waals surface area (Å²) in [5.74, 6) is 1.08. The molecular weight excluding hydrogens is 238 g/mol. The van der Waals surface area contributed by atoms with E-state index < -0.39 is 0 Å². The minimum atomic E-state index is 0.223. The minimum absolute atomic E-state index is 0.223. The van der Waals surface area contributed by atoms with Gasteiger partial charge in [-0.1, -0.05) is 19.3 Å². The third-order valence-electron chi connectivity index (χ3n) is 4.58. The van der Waals surface area contributed by atoms with Crippen LogP contribution in [0.4, 0.5) is 0 Å². The third-order valence-corrected chi connectivity index (χ3v) is 4.58. The molecule has 0 bridgehead atoms. The van der Waals surface area contributed by atoms with Crippen LogP contribution in [0.5, 0.6) is 0 Å². The summed E-state index contributed by atoms with van der Waals surface area (Å²) in [6.07, 6.45) is 9.97. The second kappa shape index (κ2) is 7.28. The SMILES string of the molecule is CC(C)OCCC(=O)N1CCCC1C1CCCCC1. The lowest BCUT2D eigenvalue weighted by Crippen LogP contribution is -2.41. The molecule has 110 valence electrons. The van der Waals surface area contributed by atoms with Gasteiger partial charge in [0.25, 0.3) is 0 Å². The zero-order valence-electron chi connectivity index (χ0n) is 12.6. The number of likely N-dealkylation sites (tertiary alicyclic amines) is 1. The van der Waals surface area contributed by atoms with Crippen LogP contribution in [0, 0.1) is 5.92 Å². The van der Waals surface area contributed by atoms with Crippen molar-refractivity contribution in [1.82, 2.24) is 4.90 Å². The van der Waals surface area contributed by atoms with Gasteiger partial charge in [0.15, 0.2) is 0 Å². The van der Waals surface area contributed by atoms with Crippen LogP contribution in [0.2, 0.25) is 0 Å². The van der Waals surface area contributed by atoms with Gasteiger partial charge in [0.1, 0.15) is 0 Å². The number of ether oxygens (including phenoxy) is 1. The molecule has 2 rings (SSSR count). The smallest absolute Gasteiger partial charge is 0.225 e. The fourth-order valence-electron chi connectivity index (χ4n) is 3.64. The van der Waals surface area contributed by atoms with Crippen molar-refractivity contribution in [2.45, 2.75) is 77.4 Å². The first-order valence-corrected chi connectivity index (χ1v) is 8.09. The molecule has 3 heteroatoms. The Balaban J connectivity index is 1.81. The number of carbonyl (C=O) groups is 1. The summed E-state index contributed by atoms with van der Waals surface area (Å²) in [7, 11) is 0. The molecule has 19 heavy (non-hydrogen) atoms. The number of carbonyl (C=O) groups excluding carboxylic acids is 1. The average Bonchev–Trinajstić information content (AvgIpc) is 2.88. The Morgan fingerprint density at radius 2 is 1.89 bits per heavy atom. The van der Waals surface area contributed by atoms with Crippen LogP contribution in [-0.2, 0) is 9.53 Å². The highest BCUT2D eigenvalue weighted by atomic mass is 16.5. The summed E-state index contributed by atoms with van der Waals surface area (Å²) in [5.41, 5.74) is 0. The Labute approximate surface area is 117 Å². The molecule has 1 atom stereocenters. The van der Waals surface area contributed by atoms with Gasteiger partial charge in [0, 0.05) is 12.6 Å². The number of hydrogen-bond acceptors (Lipinski definition) is 2. The first kappa shape index (κ1) is 14.8. The van der Waals surface area contributed by atoms with Gasteiger partial charge in [0.2, 0.25) is 5.91 Å². The number of rotatable bonds is 5. The Hall–Kier alpha value is -0.570. The van der Waals surface area contributed by atoms with E-state index in [4.69, 9.17) is 4.74 Å². The van der Waals surface area contributed by atoms with Crippen LogP contribution in [-0.4, -0.2) is 36.1 Å². The molecule has 0 aromatic carbocycles. The predicted molar refractivity (Wildman–Crippen MR) is 77.0 cm³/mol. The molecule has 0 aromatic rings. The van der Waals surface area contributed by atoms with E-state index in [0.717, 1.165) is 12.5 Å². The highest BCUT2D eigenvalue weighted by molar-refractivity contribution is 5.77. The number of nitrogens with zero attached hydrogens (tertiary/aromatic N) is 1. The number of amides is 1. The molecule has 3 nitrogen and oxygen atoms in total. The molecule has 0 radical (unpaired) electrons. The van der Waals surface area contributed by atoms with E-state index in [9.17, 15) is 4.79 Å².